The molecule has 2 aliphatic rings. The summed E-state index contributed by atoms with van der Waals surface area (Å²) in [5.41, 5.74) is 2.39. The van der Waals surface area contributed by atoms with E-state index in [9.17, 15) is 4.79 Å². The summed E-state index contributed by atoms with van der Waals surface area (Å²) in [7, 11) is 0. The number of fused-ring (bicyclic) bond motifs is 3. The van der Waals surface area contributed by atoms with Gasteiger partial charge in [0.25, 0.3) is 0 Å². The molecule has 106 valence electrons. The van der Waals surface area contributed by atoms with Crippen molar-refractivity contribution in [3.05, 3.63) is 35.4 Å². The molecule has 0 bridgehead atoms. The van der Waals surface area contributed by atoms with Crippen molar-refractivity contribution in [2.75, 3.05) is 6.54 Å². The SMILES string of the molecule is C[C@@]12CCCC[C@H]1c1ccccc1C(=NCC(=O)O)N2. The number of carboxylic acids is 1. The Morgan fingerprint density at radius 1 is 1.45 bits per heavy atom. The summed E-state index contributed by atoms with van der Waals surface area (Å²) in [5, 5.41) is 12.4. The van der Waals surface area contributed by atoms with E-state index >= 15 is 0 Å². The summed E-state index contributed by atoms with van der Waals surface area (Å²) in [6.07, 6.45) is 4.77. The first-order valence-electron chi connectivity index (χ1n) is 7.24. The smallest absolute Gasteiger partial charge is 0.325 e. The molecule has 4 nitrogen and oxygen atoms in total. The number of carboxylic acid groups (broad SMARTS) is 1. The van der Waals surface area contributed by atoms with E-state index in [0.717, 1.165) is 17.8 Å². The highest BCUT2D eigenvalue weighted by molar-refractivity contribution is 6.02. The third-order valence-electron chi connectivity index (χ3n) is 4.58. The molecule has 1 aromatic carbocycles. The van der Waals surface area contributed by atoms with Crippen LogP contribution in [0.4, 0.5) is 0 Å². The van der Waals surface area contributed by atoms with Crippen molar-refractivity contribution in [1.29, 1.82) is 0 Å². The van der Waals surface area contributed by atoms with E-state index in [4.69, 9.17) is 5.11 Å². The van der Waals surface area contributed by atoms with Crippen molar-refractivity contribution in [2.45, 2.75) is 44.1 Å². The zero-order chi connectivity index (χ0) is 14.2. The van der Waals surface area contributed by atoms with Gasteiger partial charge in [0, 0.05) is 17.0 Å². The molecule has 1 aliphatic carbocycles. The van der Waals surface area contributed by atoms with Crippen LogP contribution in [0.15, 0.2) is 29.3 Å². The lowest BCUT2D eigenvalue weighted by molar-refractivity contribution is -0.135. The lowest BCUT2D eigenvalue weighted by atomic mass is 9.67. The lowest BCUT2D eigenvalue weighted by Crippen LogP contribution is -2.55. The van der Waals surface area contributed by atoms with Gasteiger partial charge < -0.3 is 10.4 Å². The predicted octanol–water partition coefficient (Wildman–Crippen LogP) is 2.54. The van der Waals surface area contributed by atoms with Crippen LogP contribution >= 0.6 is 0 Å². The largest absolute Gasteiger partial charge is 0.480 e. The molecule has 1 saturated carbocycles. The van der Waals surface area contributed by atoms with Crippen LogP contribution in [-0.4, -0.2) is 29.0 Å². The van der Waals surface area contributed by atoms with Crippen molar-refractivity contribution < 1.29 is 9.90 Å². The Morgan fingerprint density at radius 2 is 2.25 bits per heavy atom. The van der Waals surface area contributed by atoms with Gasteiger partial charge in [0.2, 0.25) is 0 Å². The third kappa shape index (κ3) is 2.19. The minimum atomic E-state index is -0.896. The standard InChI is InChI=1S/C16H20N2O2/c1-16-9-5-4-8-13(16)11-6-2-3-7-12(11)15(18-16)17-10-14(19)20/h2-3,6-7,13H,4-5,8-10H2,1H3,(H,17,18)(H,19,20)/t13-,16+/m0/s1. The van der Waals surface area contributed by atoms with Crippen LogP contribution in [0, 0.1) is 0 Å². The minimum Gasteiger partial charge on any atom is -0.480 e. The van der Waals surface area contributed by atoms with Gasteiger partial charge in [0.1, 0.15) is 12.4 Å². The van der Waals surface area contributed by atoms with Gasteiger partial charge in [-0.15, -0.1) is 0 Å². The van der Waals surface area contributed by atoms with Crippen molar-refractivity contribution in [3.8, 4) is 0 Å². The number of carbonyl (C=O) groups is 1. The number of hydrogen-bond donors (Lipinski definition) is 2. The van der Waals surface area contributed by atoms with Crippen LogP contribution in [0.5, 0.6) is 0 Å². The van der Waals surface area contributed by atoms with E-state index in [1.807, 2.05) is 12.1 Å². The first kappa shape index (κ1) is 13.2. The van der Waals surface area contributed by atoms with Crippen LogP contribution < -0.4 is 5.32 Å². The minimum absolute atomic E-state index is 0.00391. The van der Waals surface area contributed by atoms with Gasteiger partial charge in [0.15, 0.2) is 0 Å². The molecule has 1 aromatic rings. The number of amidine groups is 1. The Bertz CT molecular complexity index is 567. The summed E-state index contributed by atoms with van der Waals surface area (Å²) in [5.74, 6) is 0.340. The number of hydrogen-bond acceptors (Lipinski definition) is 2. The van der Waals surface area contributed by atoms with Crippen molar-refractivity contribution in [3.63, 3.8) is 0 Å². The molecule has 2 atom stereocenters. The normalized spacial score (nSPS) is 30.2. The molecule has 20 heavy (non-hydrogen) atoms. The van der Waals surface area contributed by atoms with Crippen LogP contribution in [0.2, 0.25) is 0 Å². The van der Waals surface area contributed by atoms with Crippen molar-refractivity contribution in [1.82, 2.24) is 5.32 Å². The zero-order valence-corrected chi connectivity index (χ0v) is 11.7. The molecule has 3 rings (SSSR count). The van der Waals surface area contributed by atoms with Crippen LogP contribution in [0.25, 0.3) is 0 Å². The number of aliphatic carboxylic acids is 1. The molecule has 1 heterocycles. The fourth-order valence-electron chi connectivity index (χ4n) is 3.61. The van der Waals surface area contributed by atoms with E-state index in [1.165, 1.54) is 24.8 Å². The Balaban J connectivity index is 2.05. The molecule has 2 N–H and O–H groups in total. The van der Waals surface area contributed by atoms with Gasteiger partial charge in [-0.1, -0.05) is 37.1 Å². The topological polar surface area (TPSA) is 61.7 Å². The second kappa shape index (κ2) is 4.93. The second-order valence-corrected chi connectivity index (χ2v) is 5.99. The second-order valence-electron chi connectivity index (χ2n) is 5.99. The van der Waals surface area contributed by atoms with Gasteiger partial charge in [-0.05, 0) is 25.3 Å². The van der Waals surface area contributed by atoms with Gasteiger partial charge in [-0.25, -0.2) is 0 Å². The molecule has 0 amide bonds. The highest BCUT2D eigenvalue weighted by Crippen LogP contribution is 2.44. The molecular formula is C16H20N2O2. The molecule has 0 unspecified atom stereocenters. The summed E-state index contributed by atoms with van der Waals surface area (Å²) in [6, 6.07) is 8.26. The van der Waals surface area contributed by atoms with E-state index in [1.54, 1.807) is 0 Å². The van der Waals surface area contributed by atoms with Crippen molar-refractivity contribution in [2.24, 2.45) is 4.99 Å². The predicted molar refractivity (Wildman–Crippen MR) is 78.2 cm³/mol. The molecule has 0 spiro atoms. The van der Waals surface area contributed by atoms with Crippen LogP contribution in [-0.2, 0) is 4.79 Å². The fraction of sp³-hybridized carbons (Fsp3) is 0.500. The maximum atomic E-state index is 10.8. The van der Waals surface area contributed by atoms with Crippen LogP contribution in [0.1, 0.15) is 49.7 Å². The Morgan fingerprint density at radius 3 is 3.05 bits per heavy atom. The number of nitrogens with one attached hydrogen (secondary N) is 1. The summed E-state index contributed by atoms with van der Waals surface area (Å²) >= 11 is 0. The van der Waals surface area contributed by atoms with E-state index < -0.39 is 5.97 Å². The van der Waals surface area contributed by atoms with E-state index in [-0.39, 0.29) is 12.1 Å². The molecular weight excluding hydrogens is 252 g/mol. The average Bonchev–Trinajstić information content (AvgIpc) is 2.44. The summed E-state index contributed by atoms with van der Waals surface area (Å²) < 4.78 is 0. The molecule has 0 saturated heterocycles. The van der Waals surface area contributed by atoms with Gasteiger partial charge in [-0.2, -0.15) is 0 Å². The quantitative estimate of drug-likeness (QED) is 0.869. The zero-order valence-electron chi connectivity index (χ0n) is 11.7. The van der Waals surface area contributed by atoms with Crippen molar-refractivity contribution >= 4 is 11.8 Å². The number of rotatable bonds is 2. The van der Waals surface area contributed by atoms with Gasteiger partial charge in [-0.3, -0.25) is 9.79 Å². The summed E-state index contributed by atoms with van der Waals surface area (Å²) in [6.45, 7) is 2.06. The van der Waals surface area contributed by atoms with Gasteiger partial charge >= 0.3 is 5.97 Å². The first-order chi connectivity index (χ1) is 9.60. The fourth-order valence-corrected chi connectivity index (χ4v) is 3.61. The molecule has 0 radical (unpaired) electrons. The maximum absolute atomic E-state index is 10.8. The highest BCUT2D eigenvalue weighted by atomic mass is 16.4. The monoisotopic (exact) mass is 272 g/mol. The van der Waals surface area contributed by atoms with E-state index in [2.05, 4.69) is 29.4 Å². The molecule has 0 aromatic heterocycles. The Kier molecular flexibility index (Phi) is 3.24. The lowest BCUT2D eigenvalue weighted by Gasteiger charge is -2.47. The molecule has 1 fully saturated rings. The third-order valence-corrected chi connectivity index (χ3v) is 4.58. The highest BCUT2D eigenvalue weighted by Gasteiger charge is 2.42. The molecule has 4 heteroatoms. The number of aliphatic imine (C=N–C) groups is 1. The number of nitrogens with zero attached hydrogens (tertiary/aromatic N) is 1. The van der Waals surface area contributed by atoms with Gasteiger partial charge in [0.05, 0.1) is 0 Å². The molecule has 1 aliphatic heterocycles. The first-order valence-corrected chi connectivity index (χ1v) is 7.24. The average molecular weight is 272 g/mol. The van der Waals surface area contributed by atoms with E-state index in [0.29, 0.717) is 5.92 Å². The van der Waals surface area contributed by atoms with Crippen LogP contribution in [0.3, 0.4) is 0 Å². The Hall–Kier alpha value is -1.84. The number of benzene rings is 1. The Labute approximate surface area is 118 Å². The summed E-state index contributed by atoms with van der Waals surface area (Å²) in [4.78, 5) is 15.0. The maximum Gasteiger partial charge on any atom is 0.325 e.